The molecular formula is C13H18BrNOS. The first-order chi connectivity index (χ1) is 8.28. The fourth-order valence-corrected chi connectivity index (χ4v) is 4.55. The van der Waals surface area contributed by atoms with E-state index in [1.165, 1.54) is 41.7 Å². The third kappa shape index (κ3) is 2.46. The van der Waals surface area contributed by atoms with Gasteiger partial charge in [0.1, 0.15) is 0 Å². The van der Waals surface area contributed by atoms with Crippen LogP contribution < -0.4 is 5.32 Å². The molecule has 0 aromatic carbocycles. The second-order valence-corrected chi connectivity index (χ2v) is 7.13. The van der Waals surface area contributed by atoms with Gasteiger partial charge in [0, 0.05) is 14.7 Å². The summed E-state index contributed by atoms with van der Waals surface area (Å²) in [6, 6.07) is 2.29. The predicted molar refractivity (Wildman–Crippen MR) is 74.7 cm³/mol. The lowest BCUT2D eigenvalue weighted by molar-refractivity contribution is -0.0712. The second-order valence-electron chi connectivity index (χ2n) is 5.30. The molecule has 3 rings (SSSR count). The minimum absolute atomic E-state index is 0.332. The van der Waals surface area contributed by atoms with Crippen LogP contribution in [0.15, 0.2) is 15.9 Å². The molecule has 4 heteroatoms. The van der Waals surface area contributed by atoms with Gasteiger partial charge >= 0.3 is 0 Å². The lowest BCUT2D eigenvalue weighted by Crippen LogP contribution is -2.48. The summed E-state index contributed by atoms with van der Waals surface area (Å²) >= 11 is 5.44. The highest BCUT2D eigenvalue weighted by Crippen LogP contribution is 2.43. The maximum absolute atomic E-state index is 5.52. The molecule has 0 radical (unpaired) electrons. The van der Waals surface area contributed by atoms with Gasteiger partial charge in [-0.15, -0.1) is 11.3 Å². The van der Waals surface area contributed by atoms with Gasteiger partial charge in [-0.1, -0.05) is 0 Å². The molecule has 1 aromatic rings. The predicted octanol–water partition coefficient (Wildman–Crippen LogP) is 3.17. The first-order valence-corrected chi connectivity index (χ1v) is 7.99. The van der Waals surface area contributed by atoms with Crippen LogP contribution in [-0.2, 0) is 10.2 Å². The summed E-state index contributed by atoms with van der Waals surface area (Å²) in [6.45, 7) is 4.22. The van der Waals surface area contributed by atoms with E-state index in [-0.39, 0.29) is 0 Å². The highest BCUT2D eigenvalue weighted by atomic mass is 79.9. The van der Waals surface area contributed by atoms with Crippen LogP contribution in [0.5, 0.6) is 0 Å². The van der Waals surface area contributed by atoms with Gasteiger partial charge < -0.3 is 10.1 Å². The van der Waals surface area contributed by atoms with Crippen molar-refractivity contribution >= 4 is 27.3 Å². The fraction of sp³-hybridized carbons (Fsp3) is 0.692. The van der Waals surface area contributed by atoms with Gasteiger partial charge in [-0.25, -0.2) is 0 Å². The Morgan fingerprint density at radius 3 is 2.71 bits per heavy atom. The van der Waals surface area contributed by atoms with Crippen LogP contribution >= 0.6 is 27.3 Å². The van der Waals surface area contributed by atoms with E-state index >= 15 is 0 Å². The molecule has 2 aliphatic rings. The number of thiophene rings is 1. The molecule has 94 valence electrons. The summed E-state index contributed by atoms with van der Waals surface area (Å²) in [4.78, 5) is 1.51. The van der Waals surface area contributed by atoms with E-state index < -0.39 is 0 Å². The molecule has 0 aliphatic carbocycles. The van der Waals surface area contributed by atoms with Crippen molar-refractivity contribution in [3.05, 3.63) is 20.8 Å². The summed E-state index contributed by atoms with van der Waals surface area (Å²) < 4.78 is 6.74. The normalized spacial score (nSPS) is 24.5. The molecule has 3 heterocycles. The number of piperidine rings is 1. The van der Waals surface area contributed by atoms with Crippen molar-refractivity contribution in [1.29, 1.82) is 0 Å². The monoisotopic (exact) mass is 315 g/mol. The van der Waals surface area contributed by atoms with E-state index in [2.05, 4.69) is 32.7 Å². The zero-order chi connectivity index (χ0) is 11.7. The van der Waals surface area contributed by atoms with Crippen molar-refractivity contribution in [1.82, 2.24) is 5.32 Å². The van der Waals surface area contributed by atoms with E-state index in [1.54, 1.807) is 0 Å². The van der Waals surface area contributed by atoms with Crippen LogP contribution in [-0.4, -0.2) is 26.3 Å². The van der Waals surface area contributed by atoms with Gasteiger partial charge in [0.05, 0.1) is 18.6 Å². The van der Waals surface area contributed by atoms with E-state index in [0.29, 0.717) is 5.41 Å². The number of rotatable bonds is 3. The Bertz CT molecular complexity index is 383. The Morgan fingerprint density at radius 2 is 2.18 bits per heavy atom. The van der Waals surface area contributed by atoms with Gasteiger partial charge in [-0.2, -0.15) is 0 Å². The van der Waals surface area contributed by atoms with Crippen LogP contribution in [0.1, 0.15) is 24.1 Å². The minimum Gasteiger partial charge on any atom is -0.379 e. The van der Waals surface area contributed by atoms with Crippen LogP contribution in [0.2, 0.25) is 0 Å². The van der Waals surface area contributed by atoms with Crippen LogP contribution in [0, 0.1) is 5.92 Å². The Kier molecular flexibility index (Phi) is 3.57. The lowest BCUT2D eigenvalue weighted by Gasteiger charge is -2.43. The maximum atomic E-state index is 5.52. The van der Waals surface area contributed by atoms with Crippen molar-refractivity contribution in [2.75, 3.05) is 26.3 Å². The van der Waals surface area contributed by atoms with E-state index in [0.717, 1.165) is 19.1 Å². The molecule has 0 amide bonds. The molecule has 2 aliphatic heterocycles. The lowest BCUT2D eigenvalue weighted by atomic mass is 9.74. The molecule has 0 saturated carbocycles. The first-order valence-electron chi connectivity index (χ1n) is 6.31. The summed E-state index contributed by atoms with van der Waals surface area (Å²) in [5.41, 5.74) is 0.332. The van der Waals surface area contributed by atoms with E-state index in [4.69, 9.17) is 4.74 Å². The third-order valence-corrected chi connectivity index (χ3v) is 5.92. The topological polar surface area (TPSA) is 21.3 Å². The number of hydrogen-bond donors (Lipinski definition) is 1. The zero-order valence-electron chi connectivity index (χ0n) is 9.88. The molecular weight excluding hydrogens is 298 g/mol. The maximum Gasteiger partial charge on any atom is 0.0593 e. The summed E-state index contributed by atoms with van der Waals surface area (Å²) in [5, 5.41) is 5.64. The second kappa shape index (κ2) is 5.00. The highest BCUT2D eigenvalue weighted by Gasteiger charge is 2.43. The molecule has 2 nitrogen and oxygen atoms in total. The van der Waals surface area contributed by atoms with Gasteiger partial charge in [0.2, 0.25) is 0 Å². The molecule has 0 atom stereocenters. The van der Waals surface area contributed by atoms with Crippen molar-refractivity contribution in [3.8, 4) is 0 Å². The molecule has 2 saturated heterocycles. The number of nitrogens with one attached hydrogen (secondary N) is 1. The van der Waals surface area contributed by atoms with Gasteiger partial charge in [-0.05, 0) is 60.3 Å². The van der Waals surface area contributed by atoms with Gasteiger partial charge in [0.15, 0.2) is 0 Å². The molecule has 1 N–H and O–H groups in total. The van der Waals surface area contributed by atoms with Crippen LogP contribution in [0.25, 0.3) is 0 Å². The number of hydrogen-bond acceptors (Lipinski definition) is 3. The largest absolute Gasteiger partial charge is 0.379 e. The fourth-order valence-electron chi connectivity index (χ4n) is 2.94. The number of ether oxygens (including phenoxy) is 1. The zero-order valence-corrected chi connectivity index (χ0v) is 12.3. The molecule has 0 bridgehead atoms. The summed E-state index contributed by atoms with van der Waals surface area (Å²) in [5.74, 6) is 0.876. The van der Waals surface area contributed by atoms with Crippen molar-refractivity contribution in [2.45, 2.75) is 24.7 Å². The average Bonchev–Trinajstić information content (AvgIpc) is 2.72. The van der Waals surface area contributed by atoms with Crippen molar-refractivity contribution in [3.63, 3.8) is 0 Å². The Morgan fingerprint density at radius 1 is 1.41 bits per heavy atom. The smallest absolute Gasteiger partial charge is 0.0593 e. The number of halogens is 1. The molecule has 17 heavy (non-hydrogen) atoms. The Balaban J connectivity index is 1.73. The van der Waals surface area contributed by atoms with E-state index in [1.807, 2.05) is 11.3 Å². The average molecular weight is 316 g/mol. The van der Waals surface area contributed by atoms with Crippen molar-refractivity contribution in [2.24, 2.45) is 5.92 Å². The minimum atomic E-state index is 0.332. The van der Waals surface area contributed by atoms with Crippen molar-refractivity contribution < 1.29 is 4.74 Å². The third-order valence-electron chi connectivity index (χ3n) is 3.98. The van der Waals surface area contributed by atoms with E-state index in [9.17, 15) is 0 Å². The van der Waals surface area contributed by atoms with Gasteiger partial charge in [0.25, 0.3) is 0 Å². The molecule has 0 unspecified atom stereocenters. The summed E-state index contributed by atoms with van der Waals surface area (Å²) in [6.07, 6.45) is 3.96. The Labute approximate surface area is 115 Å². The van der Waals surface area contributed by atoms with Gasteiger partial charge in [-0.3, -0.25) is 0 Å². The van der Waals surface area contributed by atoms with Crippen LogP contribution in [0.3, 0.4) is 0 Å². The SMILES string of the molecule is Brc1csc(C2(CC3CCNCC3)COC2)c1. The standard InChI is InChI=1S/C13H18BrNOS/c14-11-5-12(17-7-11)13(8-16-9-13)6-10-1-3-15-4-2-10/h5,7,10,15H,1-4,6,8-9H2. The highest BCUT2D eigenvalue weighted by molar-refractivity contribution is 9.10. The Hall–Kier alpha value is 0.1000. The summed E-state index contributed by atoms with van der Waals surface area (Å²) in [7, 11) is 0. The molecule has 2 fully saturated rings. The first kappa shape index (κ1) is 12.2. The quantitative estimate of drug-likeness (QED) is 0.925. The molecule has 0 spiro atoms. The van der Waals surface area contributed by atoms with Crippen LogP contribution in [0.4, 0.5) is 0 Å². The molecule has 1 aromatic heterocycles.